The molecule has 0 aliphatic heterocycles. The first-order valence-corrected chi connectivity index (χ1v) is 8.20. The van der Waals surface area contributed by atoms with Gasteiger partial charge in [0.25, 0.3) is 0 Å². The smallest absolute Gasteiger partial charge is 0.183 e. The van der Waals surface area contributed by atoms with E-state index in [-0.39, 0.29) is 0 Å². The molecule has 3 heterocycles. The second-order valence-corrected chi connectivity index (χ2v) is 6.41. The third-order valence-corrected chi connectivity index (χ3v) is 4.45. The second-order valence-electron chi connectivity index (χ2n) is 5.49. The van der Waals surface area contributed by atoms with Gasteiger partial charge >= 0.3 is 0 Å². The predicted molar refractivity (Wildman–Crippen MR) is 95.2 cm³/mol. The van der Waals surface area contributed by atoms with Crippen LogP contribution in [0, 0.1) is 13.8 Å². The van der Waals surface area contributed by atoms with Crippen LogP contribution in [-0.2, 0) is 0 Å². The van der Waals surface area contributed by atoms with Gasteiger partial charge in [0.1, 0.15) is 11.3 Å². The van der Waals surface area contributed by atoms with Gasteiger partial charge in [-0.25, -0.2) is 4.98 Å². The van der Waals surface area contributed by atoms with Crippen molar-refractivity contribution in [1.82, 2.24) is 24.6 Å². The zero-order chi connectivity index (χ0) is 16.8. The van der Waals surface area contributed by atoms with E-state index in [0.29, 0.717) is 5.75 Å². The minimum atomic E-state index is 0.701. The average molecular weight is 384 g/mol. The highest BCUT2D eigenvalue weighted by molar-refractivity contribution is 9.10. The number of aryl methyl sites for hydroxylation is 2. The molecule has 0 spiro atoms. The summed E-state index contributed by atoms with van der Waals surface area (Å²) in [5.74, 6) is 1.44. The Morgan fingerprint density at radius 3 is 2.71 bits per heavy atom. The Kier molecular flexibility index (Phi) is 3.45. The zero-order valence-corrected chi connectivity index (χ0v) is 15.0. The van der Waals surface area contributed by atoms with Crippen LogP contribution < -0.4 is 4.74 Å². The third-order valence-electron chi connectivity index (χ3n) is 3.99. The maximum Gasteiger partial charge on any atom is 0.183 e. The Balaban J connectivity index is 2.20. The molecule has 1 aromatic carbocycles. The van der Waals surface area contributed by atoms with Gasteiger partial charge in [-0.2, -0.15) is 0 Å². The molecule has 0 amide bonds. The quantitative estimate of drug-likeness (QED) is 0.527. The Hall–Kier alpha value is -2.54. The van der Waals surface area contributed by atoms with Gasteiger partial charge in [-0.05, 0) is 38.1 Å². The number of nitrogens with zero attached hydrogens (tertiary/aromatic N) is 5. The van der Waals surface area contributed by atoms with Gasteiger partial charge in [-0.1, -0.05) is 15.9 Å². The minimum absolute atomic E-state index is 0.701. The number of aromatic nitrogens is 5. The Morgan fingerprint density at radius 2 is 1.96 bits per heavy atom. The van der Waals surface area contributed by atoms with E-state index in [2.05, 4.69) is 36.1 Å². The maximum atomic E-state index is 5.50. The van der Waals surface area contributed by atoms with Crippen molar-refractivity contribution < 1.29 is 4.74 Å². The molecule has 0 aliphatic carbocycles. The fourth-order valence-electron chi connectivity index (χ4n) is 2.86. The van der Waals surface area contributed by atoms with Crippen LogP contribution in [0.5, 0.6) is 5.75 Å². The monoisotopic (exact) mass is 383 g/mol. The zero-order valence-electron chi connectivity index (χ0n) is 13.4. The van der Waals surface area contributed by atoms with Crippen molar-refractivity contribution >= 4 is 32.6 Å². The molecule has 0 N–H and O–H groups in total. The van der Waals surface area contributed by atoms with Crippen molar-refractivity contribution in [2.45, 2.75) is 13.8 Å². The lowest BCUT2D eigenvalue weighted by atomic mass is 10.2. The SMILES string of the molecule is COc1cc(Br)cc2c1nc(C)c1nnc(-c3cccnc3C)n12. The van der Waals surface area contributed by atoms with E-state index < -0.39 is 0 Å². The fourth-order valence-corrected chi connectivity index (χ4v) is 3.28. The van der Waals surface area contributed by atoms with Crippen LogP contribution in [0.2, 0.25) is 0 Å². The average Bonchev–Trinajstić information content (AvgIpc) is 3.01. The molecule has 0 unspecified atom stereocenters. The highest BCUT2D eigenvalue weighted by Crippen LogP contribution is 2.32. The third kappa shape index (κ3) is 2.16. The summed E-state index contributed by atoms with van der Waals surface area (Å²) in [5.41, 5.74) is 5.01. The number of ether oxygens (including phenoxy) is 1. The largest absolute Gasteiger partial charge is 0.494 e. The van der Waals surface area contributed by atoms with Crippen molar-refractivity contribution in [3.05, 3.63) is 46.3 Å². The van der Waals surface area contributed by atoms with Crippen LogP contribution in [0.1, 0.15) is 11.4 Å². The first-order valence-electron chi connectivity index (χ1n) is 7.41. The lowest BCUT2D eigenvalue weighted by molar-refractivity contribution is 0.418. The van der Waals surface area contributed by atoms with Crippen LogP contribution in [0.4, 0.5) is 0 Å². The van der Waals surface area contributed by atoms with Gasteiger partial charge in [0, 0.05) is 21.9 Å². The molecule has 120 valence electrons. The Morgan fingerprint density at radius 1 is 1.12 bits per heavy atom. The highest BCUT2D eigenvalue weighted by atomic mass is 79.9. The van der Waals surface area contributed by atoms with Gasteiger partial charge in [0.15, 0.2) is 11.5 Å². The van der Waals surface area contributed by atoms with Crippen LogP contribution >= 0.6 is 15.9 Å². The summed E-state index contributed by atoms with van der Waals surface area (Å²) in [6.07, 6.45) is 1.77. The maximum absolute atomic E-state index is 5.50. The topological polar surface area (TPSA) is 65.2 Å². The van der Waals surface area contributed by atoms with E-state index in [1.165, 1.54) is 0 Å². The molecule has 4 aromatic rings. The molecule has 0 bridgehead atoms. The summed E-state index contributed by atoms with van der Waals surface area (Å²) in [4.78, 5) is 9.03. The lowest BCUT2D eigenvalue weighted by Crippen LogP contribution is -2.00. The first kappa shape index (κ1) is 15.0. The molecule has 7 heteroatoms. The standard InChI is InChI=1S/C17H14BrN5O/c1-9-12(5-4-6-19-9)17-22-21-16-10(2)20-15-13(23(16)17)7-11(18)8-14(15)24-3/h4-8H,1-3H3. The van der Waals surface area contributed by atoms with Crippen molar-refractivity contribution in [3.63, 3.8) is 0 Å². The van der Waals surface area contributed by atoms with Gasteiger partial charge in [0.05, 0.1) is 18.3 Å². The fraction of sp³-hybridized carbons (Fsp3) is 0.176. The number of pyridine rings is 1. The molecule has 0 aliphatic rings. The Bertz CT molecular complexity index is 1090. The molecule has 4 rings (SSSR count). The molecular formula is C17H14BrN5O. The van der Waals surface area contributed by atoms with Crippen LogP contribution in [-0.4, -0.2) is 31.7 Å². The number of fused-ring (bicyclic) bond motifs is 3. The number of methoxy groups -OCH3 is 1. The number of halogens is 1. The summed E-state index contributed by atoms with van der Waals surface area (Å²) < 4.78 is 8.41. The van der Waals surface area contributed by atoms with Crippen molar-refractivity contribution in [2.24, 2.45) is 0 Å². The number of hydrogen-bond donors (Lipinski definition) is 0. The number of benzene rings is 1. The summed E-state index contributed by atoms with van der Waals surface area (Å²) in [7, 11) is 1.64. The van der Waals surface area contributed by atoms with E-state index in [9.17, 15) is 0 Å². The second kappa shape index (κ2) is 5.52. The summed E-state index contributed by atoms with van der Waals surface area (Å²) in [6.45, 7) is 3.88. The van der Waals surface area contributed by atoms with Crippen molar-refractivity contribution in [3.8, 4) is 17.1 Å². The molecule has 6 nitrogen and oxygen atoms in total. The predicted octanol–water partition coefficient (Wildman–Crippen LogP) is 3.73. The molecule has 0 saturated carbocycles. The molecule has 0 saturated heterocycles. The first-order chi connectivity index (χ1) is 11.6. The Labute approximate surface area is 146 Å². The normalized spacial score (nSPS) is 11.3. The number of rotatable bonds is 2. The van der Waals surface area contributed by atoms with Crippen LogP contribution in [0.15, 0.2) is 34.9 Å². The molecule has 0 atom stereocenters. The summed E-state index contributed by atoms with van der Waals surface area (Å²) >= 11 is 3.54. The van der Waals surface area contributed by atoms with Crippen LogP contribution in [0.3, 0.4) is 0 Å². The van der Waals surface area contributed by atoms with E-state index >= 15 is 0 Å². The summed E-state index contributed by atoms with van der Waals surface area (Å²) in [6, 6.07) is 7.79. The highest BCUT2D eigenvalue weighted by Gasteiger charge is 2.18. The van der Waals surface area contributed by atoms with Gasteiger partial charge in [0.2, 0.25) is 0 Å². The number of hydrogen-bond acceptors (Lipinski definition) is 5. The summed E-state index contributed by atoms with van der Waals surface area (Å²) in [5, 5.41) is 8.74. The molecule has 3 aromatic heterocycles. The van der Waals surface area contributed by atoms with Gasteiger partial charge in [-0.3, -0.25) is 9.38 Å². The van der Waals surface area contributed by atoms with Gasteiger partial charge in [-0.15, -0.1) is 10.2 Å². The van der Waals surface area contributed by atoms with Crippen molar-refractivity contribution in [2.75, 3.05) is 7.11 Å². The lowest BCUT2D eigenvalue weighted by Gasteiger charge is -2.11. The van der Waals surface area contributed by atoms with E-state index in [0.717, 1.165) is 43.9 Å². The van der Waals surface area contributed by atoms with Crippen LogP contribution in [0.25, 0.3) is 28.1 Å². The van der Waals surface area contributed by atoms with E-state index in [1.807, 2.05) is 42.5 Å². The molecular weight excluding hydrogens is 370 g/mol. The molecule has 0 fully saturated rings. The molecule has 24 heavy (non-hydrogen) atoms. The van der Waals surface area contributed by atoms with E-state index in [4.69, 9.17) is 4.74 Å². The molecule has 0 radical (unpaired) electrons. The van der Waals surface area contributed by atoms with Gasteiger partial charge < -0.3 is 4.74 Å². The minimum Gasteiger partial charge on any atom is -0.494 e. The van der Waals surface area contributed by atoms with E-state index in [1.54, 1.807) is 13.3 Å². The van der Waals surface area contributed by atoms with Crippen molar-refractivity contribution in [1.29, 1.82) is 0 Å².